The zero-order valence-electron chi connectivity index (χ0n) is 10.9. The summed E-state index contributed by atoms with van der Waals surface area (Å²) in [6, 6.07) is 0. The molecule has 0 aromatic carbocycles. The van der Waals surface area contributed by atoms with Crippen LogP contribution >= 0.6 is 0 Å². The zero-order chi connectivity index (χ0) is 15.8. The maximum absolute atomic E-state index is 10.9. The molecule has 0 rings (SSSR count). The molecule has 0 aliphatic heterocycles. The predicted octanol–water partition coefficient (Wildman–Crippen LogP) is 0.0938. The summed E-state index contributed by atoms with van der Waals surface area (Å²) >= 11 is 1.70. The number of rotatable bonds is 10. The van der Waals surface area contributed by atoms with Gasteiger partial charge in [0.05, 0.1) is 26.1 Å². The molecule has 0 unspecified atom stereocenters. The summed E-state index contributed by atoms with van der Waals surface area (Å²) in [5, 5.41) is 8.31. The average Bonchev–Trinajstić information content (AvgIpc) is 2.44. The molecule has 21 heavy (non-hydrogen) atoms. The van der Waals surface area contributed by atoms with Gasteiger partial charge in [0.1, 0.15) is 0 Å². The van der Waals surface area contributed by atoms with Crippen LogP contribution < -0.4 is 0 Å². The van der Waals surface area contributed by atoms with Gasteiger partial charge in [-0.3, -0.25) is 20.7 Å². The topological polar surface area (TPSA) is 124 Å². The molecule has 10 heteroatoms. The van der Waals surface area contributed by atoms with Crippen molar-refractivity contribution in [2.75, 3.05) is 13.2 Å². The van der Waals surface area contributed by atoms with Gasteiger partial charge in [-0.2, -0.15) is 0 Å². The van der Waals surface area contributed by atoms with E-state index in [0.29, 0.717) is 6.42 Å². The molecular formula is C11H15Ag2O8-. The molecule has 0 heterocycles. The van der Waals surface area contributed by atoms with Gasteiger partial charge in [0, 0.05) is 35.2 Å². The van der Waals surface area contributed by atoms with Gasteiger partial charge in [-0.15, -0.1) is 6.42 Å². The minimum atomic E-state index is -1.06. The predicted molar refractivity (Wildman–Crippen MR) is 59.0 cm³/mol. The van der Waals surface area contributed by atoms with E-state index in [2.05, 4.69) is 0 Å². The Morgan fingerprint density at radius 2 is 1.43 bits per heavy atom. The number of hydrogen-bond acceptors (Lipinski definition) is 7. The van der Waals surface area contributed by atoms with Crippen molar-refractivity contribution in [3.8, 4) is 0 Å². The molecule has 0 bridgehead atoms. The van der Waals surface area contributed by atoms with Crippen LogP contribution in [0.5, 0.6) is 0 Å². The van der Waals surface area contributed by atoms with Crippen molar-refractivity contribution in [2.24, 2.45) is 0 Å². The molecule has 130 valence electrons. The molecule has 8 nitrogen and oxygen atoms in total. The van der Waals surface area contributed by atoms with Crippen LogP contribution in [0.15, 0.2) is 0 Å². The van der Waals surface area contributed by atoms with Gasteiger partial charge in [0.25, 0.3) is 0 Å². The van der Waals surface area contributed by atoms with Crippen molar-refractivity contribution in [3.63, 3.8) is 0 Å². The standard InChI is InChI=1S/C11H15O7.2Ag.O/c12-6-1-3-10(15)17-7-2-8-18-11(16)5-4-9(13)14;;;/h1-5,7-8H2,(H,13,14);;;/q-1;;;. The molecule has 0 saturated heterocycles. The monoisotopic (exact) mass is 489 g/mol. The zero-order valence-corrected chi connectivity index (χ0v) is 13.8. The van der Waals surface area contributed by atoms with Gasteiger partial charge in [-0.1, -0.05) is 0 Å². The average molecular weight is 491 g/mol. The molecule has 1 N–H and O–H groups in total. The molecule has 0 aliphatic rings. The Labute approximate surface area is 149 Å². The van der Waals surface area contributed by atoms with Crippen molar-refractivity contribution in [1.82, 2.24) is 0 Å². The van der Waals surface area contributed by atoms with Crippen LogP contribution in [0.25, 0.3) is 0 Å². The van der Waals surface area contributed by atoms with Crippen molar-refractivity contribution in [2.45, 2.75) is 32.1 Å². The number of carboxylic acid groups (broad SMARTS) is 1. The van der Waals surface area contributed by atoms with Crippen LogP contribution in [0, 0.1) is 0 Å². The summed E-state index contributed by atoms with van der Waals surface area (Å²) in [6.45, 7) is 0.148. The normalized spacial score (nSPS) is 8.48. The van der Waals surface area contributed by atoms with Crippen LogP contribution in [-0.2, 0) is 75.3 Å². The second-order valence-electron chi connectivity index (χ2n) is 3.33. The fourth-order valence-corrected chi connectivity index (χ4v) is 0.937. The van der Waals surface area contributed by atoms with Gasteiger partial charge in [0.2, 0.25) is 0 Å². The van der Waals surface area contributed by atoms with Crippen molar-refractivity contribution in [3.05, 3.63) is 0 Å². The number of carboxylic acids is 1. The number of ether oxygens (including phenoxy) is 2. The second-order valence-corrected chi connectivity index (χ2v) is 3.33. The molecule has 0 atom stereocenters. The van der Waals surface area contributed by atoms with Crippen LogP contribution in [-0.4, -0.2) is 42.5 Å². The Morgan fingerprint density at radius 1 is 0.952 bits per heavy atom. The molecule has 0 fully saturated rings. The molecule has 1 radical (unpaired) electrons. The van der Waals surface area contributed by atoms with Crippen LogP contribution in [0.2, 0.25) is 0 Å². The molecule has 0 spiro atoms. The van der Waals surface area contributed by atoms with E-state index >= 15 is 0 Å². The van der Waals surface area contributed by atoms with E-state index in [4.69, 9.17) is 17.8 Å². The Morgan fingerprint density at radius 3 is 1.86 bits per heavy atom. The molecule has 0 saturated carbocycles. The van der Waals surface area contributed by atoms with E-state index in [-0.39, 0.29) is 61.3 Å². The summed E-state index contributed by atoms with van der Waals surface area (Å²) in [5.41, 5.74) is 0. The number of carbonyl (C=O) groups excluding carboxylic acids is 3. The van der Waals surface area contributed by atoms with Crippen molar-refractivity contribution in [1.29, 1.82) is 0 Å². The molecule has 0 aromatic rings. The number of esters is 2. The van der Waals surface area contributed by atoms with Crippen LogP contribution in [0.1, 0.15) is 32.1 Å². The first-order valence-corrected chi connectivity index (χ1v) is 6.17. The molecule has 0 amide bonds. The van der Waals surface area contributed by atoms with Crippen molar-refractivity contribution >= 4 is 24.2 Å². The fourth-order valence-electron chi connectivity index (χ4n) is 0.937. The van der Waals surface area contributed by atoms with Crippen LogP contribution in [0.3, 0.4) is 0 Å². The maximum atomic E-state index is 10.9. The van der Waals surface area contributed by atoms with E-state index in [1.807, 2.05) is 0 Å². The van der Waals surface area contributed by atoms with E-state index < -0.39 is 17.9 Å². The number of hydrogen-bond donors (Lipinski definition) is 1. The van der Waals surface area contributed by atoms with E-state index in [1.165, 1.54) is 0 Å². The first-order valence-electron chi connectivity index (χ1n) is 5.56. The third kappa shape index (κ3) is 21.8. The number of carbonyl (C=O) groups is 3. The Balaban J connectivity index is -0.00000103. The first-order chi connectivity index (χ1) is 9.56. The Hall–Kier alpha value is -0.639. The summed E-state index contributed by atoms with van der Waals surface area (Å²) in [7, 11) is 0. The third-order valence-electron chi connectivity index (χ3n) is 1.79. The quantitative estimate of drug-likeness (QED) is 0.198. The molecular weight excluding hydrogens is 476 g/mol. The van der Waals surface area contributed by atoms with Gasteiger partial charge in [-0.25, -0.2) is 0 Å². The van der Waals surface area contributed by atoms with E-state index in [0.717, 1.165) is 0 Å². The second kappa shape index (κ2) is 19.4. The van der Waals surface area contributed by atoms with Crippen LogP contribution in [0.4, 0.5) is 0 Å². The first kappa shape index (κ1) is 25.3. The van der Waals surface area contributed by atoms with Gasteiger partial charge in [0.15, 0.2) is 0 Å². The summed E-state index contributed by atoms with van der Waals surface area (Å²) < 4.78 is 17.5. The summed E-state index contributed by atoms with van der Waals surface area (Å²) in [4.78, 5) is 41.8. The molecule has 0 aromatic heterocycles. The Kier molecular flexibility index (Phi) is 23.3. The summed E-state index contributed by atoms with van der Waals surface area (Å²) in [5.74, 6) is -2.16. The van der Waals surface area contributed by atoms with Crippen molar-refractivity contribution < 1.29 is 80.4 Å². The SMILES string of the molecule is O=[C-]CCC(=O)OCCCOC(=O)CCC(=O)O.[Ag].[O]=[Ag]. The van der Waals surface area contributed by atoms with Gasteiger partial charge < -0.3 is 19.4 Å². The van der Waals surface area contributed by atoms with Gasteiger partial charge >= 0.3 is 42.2 Å². The minimum absolute atomic E-state index is 0. The molecule has 0 aliphatic carbocycles. The van der Waals surface area contributed by atoms with E-state index in [9.17, 15) is 19.2 Å². The summed E-state index contributed by atoms with van der Waals surface area (Å²) in [6.07, 6.45) is 1.45. The number of aliphatic carboxylic acids is 1. The van der Waals surface area contributed by atoms with Gasteiger partial charge in [-0.05, 0) is 0 Å². The Bertz CT molecular complexity index is 321. The van der Waals surface area contributed by atoms with E-state index in [1.54, 1.807) is 27.3 Å². The fraction of sp³-hybridized carbons (Fsp3) is 0.636. The third-order valence-corrected chi connectivity index (χ3v) is 1.79.